The number of rotatable bonds is 11. The van der Waals surface area contributed by atoms with Crippen molar-refractivity contribution in [1.29, 1.82) is 0 Å². The van der Waals surface area contributed by atoms with Gasteiger partial charge in [0.1, 0.15) is 23.0 Å². The number of ether oxygens (including phenoxy) is 3. The van der Waals surface area contributed by atoms with Crippen LogP contribution >= 0.6 is 0 Å². The van der Waals surface area contributed by atoms with E-state index in [1.807, 2.05) is 81.4 Å². The van der Waals surface area contributed by atoms with E-state index >= 15 is 0 Å². The Morgan fingerprint density at radius 3 is 2.15 bits per heavy atom. The summed E-state index contributed by atoms with van der Waals surface area (Å²) in [4.78, 5) is 30.5. The second kappa shape index (κ2) is 12.6. The molecule has 1 unspecified atom stereocenters. The van der Waals surface area contributed by atoms with E-state index in [-0.39, 0.29) is 17.9 Å². The van der Waals surface area contributed by atoms with Crippen LogP contribution in [0.5, 0.6) is 17.2 Å². The number of nitrogens with zero attached hydrogens (tertiary/aromatic N) is 2. The normalized spacial score (nSPS) is 16.2. The lowest BCUT2D eigenvalue weighted by Gasteiger charge is -2.26. The first-order valence-electron chi connectivity index (χ1n) is 13.4. The molecule has 3 aromatic rings. The number of carbonyl (C=O) groups is 2. The summed E-state index contributed by atoms with van der Waals surface area (Å²) >= 11 is 0. The molecule has 0 aliphatic carbocycles. The first-order chi connectivity index (χ1) is 19.3. The highest BCUT2D eigenvalue weighted by Gasteiger charge is 2.46. The van der Waals surface area contributed by atoms with E-state index in [4.69, 9.17) is 14.2 Å². The van der Waals surface area contributed by atoms with Gasteiger partial charge >= 0.3 is 0 Å². The average Bonchev–Trinajstić information content (AvgIpc) is 3.21. The molecule has 0 spiro atoms. The zero-order valence-corrected chi connectivity index (χ0v) is 23.6. The van der Waals surface area contributed by atoms with Crippen molar-refractivity contribution in [2.24, 2.45) is 0 Å². The number of methoxy groups -OCH3 is 1. The average molecular weight is 545 g/mol. The molecule has 0 bridgehead atoms. The first-order valence-corrected chi connectivity index (χ1v) is 13.4. The number of hydrogen-bond acceptors (Lipinski definition) is 7. The standard InChI is InChI=1S/C32H36N2O6/c1-6-39-25-16-17-26(27(20-25)40-7-2)30(35)28-29(22-10-12-23(13-11-22)33(3)4)34(32(37)31(28)36)19-18-21-8-14-24(38-5)15-9-21/h8-17,20,29,35H,6-7,18-19H2,1-5H3/b30-28-. The van der Waals surface area contributed by atoms with Crippen molar-refractivity contribution >= 4 is 23.1 Å². The van der Waals surface area contributed by atoms with Crippen LogP contribution in [-0.4, -0.2) is 62.7 Å². The molecule has 1 aliphatic heterocycles. The number of anilines is 1. The van der Waals surface area contributed by atoms with E-state index in [9.17, 15) is 14.7 Å². The molecule has 40 heavy (non-hydrogen) atoms. The van der Waals surface area contributed by atoms with Gasteiger partial charge in [-0.3, -0.25) is 9.59 Å². The predicted octanol–water partition coefficient (Wildman–Crippen LogP) is 5.22. The summed E-state index contributed by atoms with van der Waals surface area (Å²) in [6.45, 7) is 4.82. The summed E-state index contributed by atoms with van der Waals surface area (Å²) in [6.07, 6.45) is 0.524. The van der Waals surface area contributed by atoms with E-state index < -0.39 is 17.7 Å². The van der Waals surface area contributed by atoms with Crippen LogP contribution in [0.25, 0.3) is 5.76 Å². The lowest BCUT2D eigenvalue weighted by molar-refractivity contribution is -0.139. The van der Waals surface area contributed by atoms with Crippen LogP contribution in [-0.2, 0) is 16.0 Å². The number of ketones is 1. The molecular weight excluding hydrogens is 508 g/mol. The topological polar surface area (TPSA) is 88.5 Å². The Kier molecular flexibility index (Phi) is 8.99. The van der Waals surface area contributed by atoms with Gasteiger partial charge in [-0.2, -0.15) is 0 Å². The SMILES string of the molecule is CCOc1ccc(/C(O)=C2/C(=O)C(=O)N(CCc3ccc(OC)cc3)C2c2ccc(N(C)C)cc2)c(OCC)c1. The van der Waals surface area contributed by atoms with Crippen molar-refractivity contribution in [3.05, 3.63) is 89.0 Å². The van der Waals surface area contributed by atoms with Crippen molar-refractivity contribution < 1.29 is 28.9 Å². The van der Waals surface area contributed by atoms with Gasteiger partial charge in [0.25, 0.3) is 11.7 Å². The fraction of sp³-hybridized carbons (Fsp3) is 0.312. The van der Waals surface area contributed by atoms with Gasteiger partial charge in [-0.25, -0.2) is 0 Å². The quantitative estimate of drug-likeness (QED) is 0.201. The number of carbonyl (C=O) groups excluding carboxylic acids is 2. The fourth-order valence-corrected chi connectivity index (χ4v) is 4.83. The van der Waals surface area contributed by atoms with Gasteiger partial charge in [0.15, 0.2) is 0 Å². The summed E-state index contributed by atoms with van der Waals surface area (Å²) in [5.74, 6) is 0.0327. The predicted molar refractivity (Wildman–Crippen MR) is 155 cm³/mol. The van der Waals surface area contributed by atoms with Gasteiger partial charge in [-0.1, -0.05) is 24.3 Å². The van der Waals surface area contributed by atoms with Crippen LogP contribution in [0, 0.1) is 0 Å². The Morgan fingerprint density at radius 2 is 1.55 bits per heavy atom. The second-order valence-electron chi connectivity index (χ2n) is 9.60. The summed E-state index contributed by atoms with van der Waals surface area (Å²) in [7, 11) is 5.49. The van der Waals surface area contributed by atoms with Crippen molar-refractivity contribution in [3.63, 3.8) is 0 Å². The van der Waals surface area contributed by atoms with Crippen LogP contribution in [0.3, 0.4) is 0 Å². The number of aliphatic hydroxyl groups excluding tert-OH is 1. The molecule has 0 aromatic heterocycles. The van der Waals surface area contributed by atoms with Gasteiger partial charge in [-0.05, 0) is 67.8 Å². The Bertz CT molecular complexity index is 1380. The lowest BCUT2D eigenvalue weighted by Crippen LogP contribution is -2.31. The smallest absolute Gasteiger partial charge is 0.295 e. The maximum absolute atomic E-state index is 13.5. The highest BCUT2D eigenvalue weighted by atomic mass is 16.5. The number of hydrogen-bond donors (Lipinski definition) is 1. The van der Waals surface area contributed by atoms with Crippen LogP contribution in [0.1, 0.15) is 36.6 Å². The van der Waals surface area contributed by atoms with Crippen LogP contribution in [0.2, 0.25) is 0 Å². The van der Waals surface area contributed by atoms with Gasteiger partial charge in [0.05, 0.1) is 37.5 Å². The number of aliphatic hydroxyl groups is 1. The zero-order valence-electron chi connectivity index (χ0n) is 23.6. The van der Waals surface area contributed by atoms with Crippen molar-refractivity contribution in [2.75, 3.05) is 45.9 Å². The Labute approximate surface area is 235 Å². The molecule has 1 aliphatic rings. The van der Waals surface area contributed by atoms with Crippen molar-refractivity contribution in [3.8, 4) is 17.2 Å². The van der Waals surface area contributed by atoms with Gasteiger partial charge in [0, 0.05) is 32.4 Å². The molecule has 1 N–H and O–H groups in total. The van der Waals surface area contributed by atoms with Gasteiger partial charge in [-0.15, -0.1) is 0 Å². The number of amides is 1. The van der Waals surface area contributed by atoms with Gasteiger partial charge in [0.2, 0.25) is 0 Å². The highest BCUT2D eigenvalue weighted by Crippen LogP contribution is 2.42. The Morgan fingerprint density at radius 1 is 0.900 bits per heavy atom. The minimum Gasteiger partial charge on any atom is -0.507 e. The number of likely N-dealkylation sites (tertiary alicyclic amines) is 1. The fourth-order valence-electron chi connectivity index (χ4n) is 4.83. The molecule has 1 heterocycles. The first kappa shape index (κ1) is 28.5. The Hall–Kier alpha value is -4.46. The molecule has 1 fully saturated rings. The summed E-state index contributed by atoms with van der Waals surface area (Å²) in [5.41, 5.74) is 3.06. The molecule has 1 atom stereocenters. The largest absolute Gasteiger partial charge is 0.507 e. The van der Waals surface area contributed by atoms with E-state index in [2.05, 4.69) is 0 Å². The second-order valence-corrected chi connectivity index (χ2v) is 9.60. The summed E-state index contributed by atoms with van der Waals surface area (Å²) in [6, 6.07) is 19.5. The molecular formula is C32H36N2O6. The van der Waals surface area contributed by atoms with Crippen molar-refractivity contribution in [1.82, 2.24) is 4.90 Å². The summed E-state index contributed by atoms with van der Waals surface area (Å²) < 4.78 is 16.6. The van der Waals surface area contributed by atoms with Crippen molar-refractivity contribution in [2.45, 2.75) is 26.3 Å². The number of benzene rings is 3. The van der Waals surface area contributed by atoms with Gasteiger partial charge < -0.3 is 29.1 Å². The third-order valence-electron chi connectivity index (χ3n) is 6.88. The monoisotopic (exact) mass is 544 g/mol. The molecule has 1 saturated heterocycles. The highest BCUT2D eigenvalue weighted by molar-refractivity contribution is 6.46. The number of Topliss-reactive ketones (excluding diaryl/α,β-unsaturated/α-hetero) is 1. The molecule has 210 valence electrons. The van der Waals surface area contributed by atoms with E-state index in [1.54, 1.807) is 25.3 Å². The molecule has 4 rings (SSSR count). The van der Waals surface area contributed by atoms with E-state index in [0.717, 1.165) is 22.6 Å². The third kappa shape index (κ3) is 5.91. The maximum Gasteiger partial charge on any atom is 0.295 e. The third-order valence-corrected chi connectivity index (χ3v) is 6.88. The van der Waals surface area contributed by atoms with Crippen LogP contribution in [0.15, 0.2) is 72.3 Å². The van der Waals surface area contributed by atoms with E-state index in [1.165, 1.54) is 4.90 Å². The lowest BCUT2D eigenvalue weighted by atomic mass is 9.94. The van der Waals surface area contributed by atoms with Crippen LogP contribution in [0.4, 0.5) is 5.69 Å². The Balaban J connectivity index is 1.79. The zero-order chi connectivity index (χ0) is 28.8. The molecule has 3 aromatic carbocycles. The molecule has 1 amide bonds. The van der Waals surface area contributed by atoms with E-state index in [0.29, 0.717) is 36.7 Å². The minimum absolute atomic E-state index is 0.0300. The molecule has 0 radical (unpaired) electrons. The molecule has 0 saturated carbocycles. The van der Waals surface area contributed by atoms with Crippen LogP contribution < -0.4 is 19.1 Å². The minimum atomic E-state index is -0.768. The molecule has 8 nitrogen and oxygen atoms in total. The summed E-state index contributed by atoms with van der Waals surface area (Å²) in [5, 5.41) is 11.6. The molecule has 8 heteroatoms. The maximum atomic E-state index is 13.5.